The topological polar surface area (TPSA) is 141 Å². The zero-order valence-electron chi connectivity index (χ0n) is 26.4. The van der Waals surface area contributed by atoms with Crippen LogP contribution in [0.25, 0.3) is 0 Å². The van der Waals surface area contributed by atoms with E-state index in [0.717, 1.165) is 44.1 Å². The average molecular weight is 617 g/mol. The van der Waals surface area contributed by atoms with Gasteiger partial charge < -0.3 is 26.2 Å². The van der Waals surface area contributed by atoms with Gasteiger partial charge in [-0.3, -0.25) is 19.4 Å². The van der Waals surface area contributed by atoms with E-state index < -0.39 is 42.1 Å². The van der Waals surface area contributed by atoms with Crippen molar-refractivity contribution in [1.29, 1.82) is 0 Å². The summed E-state index contributed by atoms with van der Waals surface area (Å²) < 4.78 is 0. The number of amides is 3. The van der Waals surface area contributed by atoms with Gasteiger partial charge in [0.1, 0.15) is 18.2 Å². The highest BCUT2D eigenvalue weighted by molar-refractivity contribution is 5.97. The van der Waals surface area contributed by atoms with Gasteiger partial charge >= 0.3 is 0 Å². The van der Waals surface area contributed by atoms with Crippen LogP contribution in [0.1, 0.15) is 91.5 Å². The molecular formula is C36H48N4O5. The van der Waals surface area contributed by atoms with Crippen molar-refractivity contribution >= 4 is 17.7 Å². The molecule has 0 unspecified atom stereocenters. The van der Waals surface area contributed by atoms with E-state index in [1.807, 2.05) is 43.3 Å². The van der Waals surface area contributed by atoms with Crippen molar-refractivity contribution in [3.05, 3.63) is 102 Å². The van der Waals surface area contributed by atoms with Gasteiger partial charge in [-0.1, -0.05) is 101 Å². The summed E-state index contributed by atoms with van der Waals surface area (Å²) in [4.78, 5) is 43.8. The molecule has 2 aromatic carbocycles. The highest BCUT2D eigenvalue weighted by Gasteiger charge is 2.35. The van der Waals surface area contributed by atoms with Crippen LogP contribution in [0.2, 0.25) is 0 Å². The second-order valence-corrected chi connectivity index (χ2v) is 11.5. The Labute approximate surface area is 266 Å². The molecule has 45 heavy (non-hydrogen) atoms. The third-order valence-corrected chi connectivity index (χ3v) is 7.91. The van der Waals surface area contributed by atoms with Crippen LogP contribution >= 0.6 is 0 Å². The number of carbonyl (C=O) groups is 3. The molecule has 0 spiro atoms. The Morgan fingerprint density at radius 2 is 1.29 bits per heavy atom. The average Bonchev–Trinajstić information content (AvgIpc) is 3.08. The lowest BCUT2D eigenvalue weighted by molar-refractivity contribution is -0.125. The van der Waals surface area contributed by atoms with Crippen molar-refractivity contribution in [2.75, 3.05) is 0 Å². The fraction of sp³-hybridized carbons (Fsp3) is 0.444. The molecule has 0 aliphatic carbocycles. The monoisotopic (exact) mass is 616 g/mol. The highest BCUT2D eigenvalue weighted by Crippen LogP contribution is 2.17. The number of rotatable bonds is 19. The van der Waals surface area contributed by atoms with Crippen molar-refractivity contribution < 1.29 is 24.6 Å². The molecule has 9 heteroatoms. The number of nitrogens with one attached hydrogen (secondary N) is 3. The number of pyridine rings is 1. The molecule has 5 N–H and O–H groups in total. The van der Waals surface area contributed by atoms with E-state index in [1.54, 1.807) is 42.6 Å². The number of aromatic nitrogens is 1. The van der Waals surface area contributed by atoms with E-state index in [9.17, 15) is 24.6 Å². The maximum Gasteiger partial charge on any atom is 0.253 e. The molecule has 242 valence electrons. The Morgan fingerprint density at radius 1 is 0.667 bits per heavy atom. The maximum atomic E-state index is 13.8. The Bertz CT molecular complexity index is 1290. The second-order valence-electron chi connectivity index (χ2n) is 11.5. The van der Waals surface area contributed by atoms with Gasteiger partial charge in [0.15, 0.2) is 0 Å². The predicted octanol–water partition coefficient (Wildman–Crippen LogP) is 4.59. The molecule has 0 bridgehead atoms. The molecule has 0 fully saturated rings. The van der Waals surface area contributed by atoms with Crippen LogP contribution in [0.4, 0.5) is 0 Å². The number of unbranched alkanes of at least 4 members (excludes halogenated alkanes) is 4. The lowest BCUT2D eigenvalue weighted by Gasteiger charge is -2.34. The Balaban J connectivity index is 1.83. The van der Waals surface area contributed by atoms with Crippen molar-refractivity contribution in [2.24, 2.45) is 0 Å². The van der Waals surface area contributed by atoms with Gasteiger partial charge in [-0.15, -0.1) is 0 Å². The van der Waals surface area contributed by atoms with Crippen LogP contribution in [0.5, 0.6) is 0 Å². The zero-order chi connectivity index (χ0) is 32.4. The van der Waals surface area contributed by atoms with Gasteiger partial charge in [0, 0.05) is 18.0 Å². The number of aliphatic hydroxyl groups is 2. The molecule has 0 aliphatic heterocycles. The molecule has 5 atom stereocenters. The van der Waals surface area contributed by atoms with E-state index in [1.165, 1.54) is 6.20 Å². The molecule has 0 aliphatic rings. The molecule has 0 saturated carbocycles. The minimum absolute atomic E-state index is 0.233. The standard InChI is InChI=1S/C36H48N4O5/c1-3-5-7-14-22-30(39-35(44)28-20-15-23-37-25-28)36(45)40-31(24-26-16-10-8-11-17-26)33(42)32(41)29(21-6-4-2)38-34(43)27-18-12-9-13-19-27/h8-13,15-20,23,25,29-33,41-42H,3-7,14,21-22,24H2,1-2H3,(H,38,43)(H,39,44)(H,40,45)/t29-,30-,31+,32-,33-/m1/s1. The summed E-state index contributed by atoms with van der Waals surface area (Å²) in [6.45, 7) is 4.11. The first-order valence-corrected chi connectivity index (χ1v) is 16.1. The number of hydrogen-bond donors (Lipinski definition) is 5. The Morgan fingerprint density at radius 3 is 1.93 bits per heavy atom. The first-order chi connectivity index (χ1) is 21.8. The fourth-order valence-corrected chi connectivity index (χ4v) is 5.26. The normalized spacial score (nSPS) is 14.4. The highest BCUT2D eigenvalue weighted by atomic mass is 16.3. The minimum Gasteiger partial charge on any atom is -0.388 e. The Kier molecular flexibility index (Phi) is 15.2. The predicted molar refractivity (Wildman–Crippen MR) is 176 cm³/mol. The van der Waals surface area contributed by atoms with Crippen molar-refractivity contribution in [2.45, 2.75) is 102 Å². The van der Waals surface area contributed by atoms with Crippen LogP contribution in [0.3, 0.4) is 0 Å². The molecule has 0 radical (unpaired) electrons. The van der Waals surface area contributed by atoms with Crippen LogP contribution in [0.15, 0.2) is 85.2 Å². The molecule has 3 rings (SSSR count). The summed E-state index contributed by atoms with van der Waals surface area (Å²) in [6.07, 6.45) is 6.58. The fourth-order valence-electron chi connectivity index (χ4n) is 5.26. The van der Waals surface area contributed by atoms with Gasteiger partial charge in [-0.25, -0.2) is 0 Å². The van der Waals surface area contributed by atoms with Crippen LogP contribution in [-0.2, 0) is 11.2 Å². The number of hydrogen-bond acceptors (Lipinski definition) is 6. The first kappa shape index (κ1) is 35.4. The summed E-state index contributed by atoms with van der Waals surface area (Å²) in [5.74, 6) is -1.21. The largest absolute Gasteiger partial charge is 0.388 e. The molecule has 9 nitrogen and oxygen atoms in total. The maximum absolute atomic E-state index is 13.8. The quantitative estimate of drug-likeness (QED) is 0.125. The smallest absolute Gasteiger partial charge is 0.253 e. The number of carbonyl (C=O) groups excluding carboxylic acids is 3. The molecule has 1 heterocycles. The van der Waals surface area contributed by atoms with Crippen molar-refractivity contribution in [3.63, 3.8) is 0 Å². The van der Waals surface area contributed by atoms with Gasteiger partial charge in [0.2, 0.25) is 5.91 Å². The first-order valence-electron chi connectivity index (χ1n) is 16.1. The minimum atomic E-state index is -1.41. The Hall–Kier alpha value is -4.08. The number of nitrogens with zero attached hydrogens (tertiary/aromatic N) is 1. The summed E-state index contributed by atoms with van der Waals surface area (Å²) in [5.41, 5.74) is 1.64. The second kappa shape index (κ2) is 19.3. The van der Waals surface area contributed by atoms with Crippen molar-refractivity contribution in [1.82, 2.24) is 20.9 Å². The zero-order valence-corrected chi connectivity index (χ0v) is 26.4. The third kappa shape index (κ3) is 11.7. The lowest BCUT2D eigenvalue weighted by atomic mass is 9.91. The molecular weight excluding hydrogens is 568 g/mol. The van der Waals surface area contributed by atoms with E-state index in [4.69, 9.17) is 0 Å². The number of aliphatic hydroxyl groups excluding tert-OH is 2. The summed E-state index contributed by atoms with van der Waals surface area (Å²) in [7, 11) is 0. The van der Waals surface area contributed by atoms with Crippen molar-refractivity contribution in [3.8, 4) is 0 Å². The van der Waals surface area contributed by atoms with E-state index in [0.29, 0.717) is 24.0 Å². The molecule has 1 aromatic heterocycles. The summed E-state index contributed by atoms with van der Waals surface area (Å²) in [5, 5.41) is 31.8. The van der Waals surface area contributed by atoms with E-state index in [-0.39, 0.29) is 12.3 Å². The van der Waals surface area contributed by atoms with Gasteiger partial charge in [-0.05, 0) is 49.1 Å². The third-order valence-electron chi connectivity index (χ3n) is 7.91. The van der Waals surface area contributed by atoms with Crippen LogP contribution < -0.4 is 16.0 Å². The molecule has 0 saturated heterocycles. The van der Waals surface area contributed by atoms with E-state index in [2.05, 4.69) is 27.9 Å². The van der Waals surface area contributed by atoms with Gasteiger partial charge in [0.05, 0.1) is 17.6 Å². The van der Waals surface area contributed by atoms with E-state index >= 15 is 0 Å². The summed E-state index contributed by atoms with van der Waals surface area (Å²) >= 11 is 0. The molecule has 3 amide bonds. The molecule has 3 aromatic rings. The van der Waals surface area contributed by atoms with Crippen LogP contribution in [-0.4, -0.2) is 63.3 Å². The number of benzene rings is 2. The van der Waals surface area contributed by atoms with Gasteiger partial charge in [-0.2, -0.15) is 0 Å². The van der Waals surface area contributed by atoms with Gasteiger partial charge in [0.25, 0.3) is 11.8 Å². The van der Waals surface area contributed by atoms with Crippen LogP contribution in [0, 0.1) is 0 Å². The SMILES string of the molecule is CCCCCC[C@@H](NC(=O)c1cccnc1)C(=O)N[C@@H](Cc1ccccc1)[C@@H](O)[C@H](O)[C@@H](CCCC)NC(=O)c1ccccc1. The lowest BCUT2D eigenvalue weighted by Crippen LogP contribution is -2.59. The summed E-state index contributed by atoms with van der Waals surface area (Å²) in [6, 6.07) is 18.9.